The normalized spacial score (nSPS) is 17.5. The van der Waals surface area contributed by atoms with Gasteiger partial charge in [0.15, 0.2) is 0 Å². The van der Waals surface area contributed by atoms with E-state index < -0.39 is 6.04 Å². The largest absolute Gasteiger partial charge is 0.375 e. The molecule has 0 radical (unpaired) electrons. The Hall–Kier alpha value is -1.44. The van der Waals surface area contributed by atoms with Gasteiger partial charge in [-0.05, 0) is 24.3 Å². The van der Waals surface area contributed by atoms with Crippen LogP contribution in [-0.2, 0) is 14.3 Å². The average Bonchev–Trinajstić information content (AvgIpc) is 3.01. The molecule has 0 spiro atoms. The first kappa shape index (κ1) is 15.9. The third-order valence-electron chi connectivity index (χ3n) is 3.59. The van der Waals surface area contributed by atoms with Gasteiger partial charge in [-0.2, -0.15) is 0 Å². The molecule has 6 nitrogen and oxygen atoms in total. The van der Waals surface area contributed by atoms with E-state index in [-0.39, 0.29) is 24.5 Å². The summed E-state index contributed by atoms with van der Waals surface area (Å²) in [5.41, 5.74) is 5.93. The Morgan fingerprint density at radius 3 is 2.81 bits per heavy atom. The summed E-state index contributed by atoms with van der Waals surface area (Å²) in [4.78, 5) is 26.4. The molecule has 1 unspecified atom stereocenters. The zero-order valence-electron chi connectivity index (χ0n) is 12.1. The molecule has 2 heterocycles. The number of amides is 2. The number of likely N-dealkylation sites (tertiary alicyclic amines) is 1. The van der Waals surface area contributed by atoms with Gasteiger partial charge in [0.1, 0.15) is 12.6 Å². The Morgan fingerprint density at radius 2 is 2.24 bits per heavy atom. The number of nitrogens with zero attached hydrogens (tertiary/aromatic N) is 1. The summed E-state index contributed by atoms with van der Waals surface area (Å²) in [6.45, 7) is 1.39. The van der Waals surface area contributed by atoms with E-state index >= 15 is 0 Å². The van der Waals surface area contributed by atoms with Crippen LogP contribution < -0.4 is 11.1 Å². The SMILES string of the molecule is COCC(=O)N1CCC(NC(=O)C(N)c2cccs2)CC1. The van der Waals surface area contributed by atoms with Crippen molar-refractivity contribution in [1.29, 1.82) is 0 Å². The van der Waals surface area contributed by atoms with Crippen molar-refractivity contribution in [3.63, 3.8) is 0 Å². The smallest absolute Gasteiger partial charge is 0.248 e. The Balaban J connectivity index is 1.78. The minimum atomic E-state index is -0.613. The van der Waals surface area contributed by atoms with Crippen LogP contribution in [0.2, 0.25) is 0 Å². The van der Waals surface area contributed by atoms with Crippen molar-refractivity contribution in [2.24, 2.45) is 5.73 Å². The highest BCUT2D eigenvalue weighted by atomic mass is 32.1. The van der Waals surface area contributed by atoms with E-state index in [4.69, 9.17) is 10.5 Å². The van der Waals surface area contributed by atoms with Crippen LogP contribution in [0.4, 0.5) is 0 Å². The maximum atomic E-state index is 12.1. The number of nitrogens with one attached hydrogen (secondary N) is 1. The van der Waals surface area contributed by atoms with Crippen molar-refractivity contribution < 1.29 is 14.3 Å². The highest BCUT2D eigenvalue weighted by molar-refractivity contribution is 7.10. The van der Waals surface area contributed by atoms with E-state index in [1.165, 1.54) is 18.4 Å². The van der Waals surface area contributed by atoms with Gasteiger partial charge in [-0.1, -0.05) is 6.07 Å². The van der Waals surface area contributed by atoms with E-state index in [0.29, 0.717) is 13.1 Å². The molecule has 1 aromatic rings. The lowest BCUT2D eigenvalue weighted by molar-refractivity contribution is -0.136. The van der Waals surface area contributed by atoms with Crippen molar-refractivity contribution in [1.82, 2.24) is 10.2 Å². The van der Waals surface area contributed by atoms with Crippen molar-refractivity contribution in [3.05, 3.63) is 22.4 Å². The topological polar surface area (TPSA) is 84.7 Å². The average molecular weight is 311 g/mol. The van der Waals surface area contributed by atoms with Gasteiger partial charge in [0.05, 0.1) is 0 Å². The van der Waals surface area contributed by atoms with Crippen LogP contribution in [0, 0.1) is 0 Å². The van der Waals surface area contributed by atoms with Crippen molar-refractivity contribution in [3.8, 4) is 0 Å². The highest BCUT2D eigenvalue weighted by Gasteiger charge is 2.25. The summed E-state index contributed by atoms with van der Waals surface area (Å²) in [5.74, 6) is -0.156. The van der Waals surface area contributed by atoms with Crippen LogP contribution in [0.1, 0.15) is 23.8 Å². The number of nitrogens with two attached hydrogens (primary N) is 1. The van der Waals surface area contributed by atoms with Gasteiger partial charge < -0.3 is 20.7 Å². The molecule has 0 bridgehead atoms. The molecule has 0 aromatic carbocycles. The second-order valence-corrected chi connectivity index (χ2v) is 6.07. The highest BCUT2D eigenvalue weighted by Crippen LogP contribution is 2.18. The first-order valence-corrected chi connectivity index (χ1v) is 7.86. The van der Waals surface area contributed by atoms with Crippen LogP contribution in [0.5, 0.6) is 0 Å². The monoisotopic (exact) mass is 311 g/mol. The van der Waals surface area contributed by atoms with Gasteiger partial charge in [-0.15, -0.1) is 11.3 Å². The van der Waals surface area contributed by atoms with Crippen molar-refractivity contribution >= 4 is 23.2 Å². The standard InChI is InChI=1S/C14H21N3O3S/c1-20-9-12(18)17-6-4-10(5-7-17)16-14(19)13(15)11-3-2-8-21-11/h2-3,8,10,13H,4-7,9,15H2,1H3,(H,16,19). The maximum absolute atomic E-state index is 12.1. The molecule has 3 N–H and O–H groups in total. The molecule has 1 aliphatic rings. The number of hydrogen-bond acceptors (Lipinski definition) is 5. The predicted molar refractivity (Wildman–Crippen MR) is 80.9 cm³/mol. The first-order chi connectivity index (χ1) is 10.1. The summed E-state index contributed by atoms with van der Waals surface area (Å²) >= 11 is 1.48. The summed E-state index contributed by atoms with van der Waals surface area (Å²) in [5, 5.41) is 4.88. The lowest BCUT2D eigenvalue weighted by atomic mass is 10.0. The van der Waals surface area contributed by atoms with Gasteiger partial charge in [0.25, 0.3) is 0 Å². The van der Waals surface area contributed by atoms with E-state index in [9.17, 15) is 9.59 Å². The molecule has 2 rings (SSSR count). The first-order valence-electron chi connectivity index (χ1n) is 6.98. The molecular weight excluding hydrogens is 290 g/mol. The second kappa shape index (κ2) is 7.53. The van der Waals surface area contributed by atoms with E-state index in [1.807, 2.05) is 17.5 Å². The van der Waals surface area contributed by atoms with Crippen molar-refractivity contribution in [2.75, 3.05) is 26.8 Å². The van der Waals surface area contributed by atoms with Crippen LogP contribution >= 0.6 is 11.3 Å². The van der Waals surface area contributed by atoms with Crippen LogP contribution in [0.3, 0.4) is 0 Å². The molecule has 116 valence electrons. The molecule has 1 atom stereocenters. The molecule has 0 aliphatic carbocycles. The summed E-state index contributed by atoms with van der Waals surface area (Å²) in [6, 6.07) is 3.21. The minimum absolute atomic E-state index is 0.00226. The minimum Gasteiger partial charge on any atom is -0.375 e. The van der Waals surface area contributed by atoms with Gasteiger partial charge in [-0.25, -0.2) is 0 Å². The van der Waals surface area contributed by atoms with Crippen LogP contribution in [0.15, 0.2) is 17.5 Å². The number of thiophene rings is 1. The fourth-order valence-corrected chi connectivity index (χ4v) is 3.10. The molecule has 2 amide bonds. The Bertz CT molecular complexity index is 470. The summed E-state index contributed by atoms with van der Waals surface area (Å²) < 4.78 is 4.84. The van der Waals surface area contributed by atoms with Gasteiger partial charge in [0.2, 0.25) is 11.8 Å². The number of hydrogen-bond donors (Lipinski definition) is 2. The lowest BCUT2D eigenvalue weighted by Crippen LogP contribution is -2.49. The maximum Gasteiger partial charge on any atom is 0.248 e. The third kappa shape index (κ3) is 4.26. The summed E-state index contributed by atoms with van der Waals surface area (Å²) in [7, 11) is 1.51. The second-order valence-electron chi connectivity index (χ2n) is 5.09. The quantitative estimate of drug-likeness (QED) is 0.829. The number of piperidine rings is 1. The Kier molecular flexibility index (Phi) is 5.72. The molecule has 0 saturated carbocycles. The number of ether oxygens (including phenoxy) is 1. The van der Waals surface area contributed by atoms with Crippen LogP contribution in [0.25, 0.3) is 0 Å². The predicted octanol–water partition coefficient (Wildman–Crippen LogP) is 0.502. The molecule has 1 aliphatic heterocycles. The Labute approximate surface area is 128 Å². The van der Waals surface area contributed by atoms with Gasteiger partial charge >= 0.3 is 0 Å². The van der Waals surface area contributed by atoms with Crippen LogP contribution in [-0.4, -0.2) is 49.6 Å². The number of methoxy groups -OCH3 is 1. The zero-order valence-corrected chi connectivity index (χ0v) is 12.9. The molecule has 21 heavy (non-hydrogen) atoms. The Morgan fingerprint density at radius 1 is 1.52 bits per heavy atom. The lowest BCUT2D eigenvalue weighted by Gasteiger charge is -2.32. The van der Waals surface area contributed by atoms with Gasteiger partial charge in [0, 0.05) is 31.1 Å². The van der Waals surface area contributed by atoms with Gasteiger partial charge in [-0.3, -0.25) is 9.59 Å². The molecule has 1 fully saturated rings. The third-order valence-corrected chi connectivity index (χ3v) is 4.55. The fraction of sp³-hybridized carbons (Fsp3) is 0.571. The van der Waals surface area contributed by atoms with E-state index in [0.717, 1.165) is 17.7 Å². The summed E-state index contributed by atoms with van der Waals surface area (Å²) in [6.07, 6.45) is 1.50. The number of rotatable bonds is 5. The molecule has 1 saturated heterocycles. The number of carbonyl (C=O) groups is 2. The van der Waals surface area contributed by atoms with Crippen molar-refractivity contribution in [2.45, 2.75) is 24.9 Å². The molecular formula is C14H21N3O3S. The van der Waals surface area contributed by atoms with E-state index in [2.05, 4.69) is 5.32 Å². The van der Waals surface area contributed by atoms with E-state index in [1.54, 1.807) is 4.90 Å². The number of carbonyl (C=O) groups excluding carboxylic acids is 2. The fourth-order valence-electron chi connectivity index (χ4n) is 2.38. The molecule has 1 aromatic heterocycles. The molecule has 7 heteroatoms. The zero-order chi connectivity index (χ0) is 15.2.